The van der Waals surface area contributed by atoms with Crippen molar-refractivity contribution in [3.63, 3.8) is 0 Å². The zero-order valence-corrected chi connectivity index (χ0v) is 8.29. The van der Waals surface area contributed by atoms with E-state index in [-0.39, 0.29) is 17.9 Å². The van der Waals surface area contributed by atoms with Gasteiger partial charge in [0.1, 0.15) is 5.60 Å². The Balaban J connectivity index is 3.23. The van der Waals surface area contributed by atoms with Gasteiger partial charge in [-0.1, -0.05) is 0 Å². The van der Waals surface area contributed by atoms with Gasteiger partial charge in [-0.2, -0.15) is 0 Å². The lowest BCUT2D eigenvalue weighted by atomic mass is 9.87. The summed E-state index contributed by atoms with van der Waals surface area (Å²) in [5.74, 6) is -1.40. The molecule has 14 heavy (non-hydrogen) atoms. The third-order valence-electron chi connectivity index (χ3n) is 2.07. The molecule has 0 aromatic rings. The second-order valence-electron chi connectivity index (χ2n) is 3.27. The lowest BCUT2D eigenvalue weighted by Gasteiger charge is -2.27. The summed E-state index contributed by atoms with van der Waals surface area (Å²) in [5.41, 5.74) is -1.69. The summed E-state index contributed by atoms with van der Waals surface area (Å²) in [7, 11) is 2.53. The van der Waals surface area contributed by atoms with Crippen molar-refractivity contribution in [1.82, 2.24) is 0 Å². The minimum Gasteiger partial charge on any atom is -0.490 e. The molecular weight excluding hydrogens is 188 g/mol. The van der Waals surface area contributed by atoms with E-state index in [0.29, 0.717) is 0 Å². The van der Waals surface area contributed by atoms with E-state index < -0.39 is 17.2 Å². The van der Waals surface area contributed by atoms with Crippen LogP contribution in [0.5, 0.6) is 0 Å². The molecule has 1 aliphatic carbocycles. The minimum atomic E-state index is -1.69. The number of ketones is 2. The molecule has 0 spiro atoms. The molecule has 1 atom stereocenters. The molecule has 1 rings (SSSR count). The van der Waals surface area contributed by atoms with Gasteiger partial charge in [0.15, 0.2) is 0 Å². The largest absolute Gasteiger partial charge is 0.490 e. The Kier molecular flexibility index (Phi) is 2.62. The number of carbonyl (C=O) groups is 2. The zero-order chi connectivity index (χ0) is 10.9. The van der Waals surface area contributed by atoms with Crippen LogP contribution in [0.4, 0.5) is 0 Å². The molecule has 1 N–H and O–H groups in total. The Labute approximate surface area is 81.3 Å². The van der Waals surface area contributed by atoms with Crippen molar-refractivity contribution in [2.75, 3.05) is 14.2 Å². The van der Waals surface area contributed by atoms with E-state index in [1.165, 1.54) is 21.1 Å². The van der Waals surface area contributed by atoms with E-state index in [2.05, 4.69) is 0 Å². The molecule has 0 aliphatic heterocycles. The quantitative estimate of drug-likeness (QED) is 0.667. The van der Waals surface area contributed by atoms with Crippen LogP contribution in [0, 0.1) is 0 Å². The fraction of sp³-hybridized carbons (Fsp3) is 0.556. The van der Waals surface area contributed by atoms with Crippen LogP contribution in [-0.2, 0) is 19.1 Å². The molecule has 1 aliphatic rings. The van der Waals surface area contributed by atoms with Crippen LogP contribution in [0.2, 0.25) is 0 Å². The van der Waals surface area contributed by atoms with Crippen LogP contribution in [0.1, 0.15) is 13.3 Å². The van der Waals surface area contributed by atoms with Crippen molar-refractivity contribution in [2.24, 2.45) is 0 Å². The number of methoxy groups -OCH3 is 2. The SMILES string of the molecule is COC1=C(OC)C(=O)C(C)(O)CC1=O. The van der Waals surface area contributed by atoms with Crippen LogP contribution in [0.15, 0.2) is 11.5 Å². The molecule has 0 saturated carbocycles. The summed E-state index contributed by atoms with van der Waals surface area (Å²) >= 11 is 0. The predicted molar refractivity (Wildman–Crippen MR) is 46.3 cm³/mol. The van der Waals surface area contributed by atoms with Crippen molar-refractivity contribution in [3.8, 4) is 0 Å². The topological polar surface area (TPSA) is 72.8 Å². The minimum absolute atomic E-state index is 0.121. The lowest BCUT2D eigenvalue weighted by Crippen LogP contribution is -2.44. The van der Waals surface area contributed by atoms with E-state index in [1.807, 2.05) is 0 Å². The summed E-state index contributed by atoms with van der Waals surface area (Å²) in [6.45, 7) is 1.28. The van der Waals surface area contributed by atoms with Gasteiger partial charge in [-0.15, -0.1) is 0 Å². The molecule has 0 heterocycles. The molecule has 0 bridgehead atoms. The summed E-state index contributed by atoms with van der Waals surface area (Å²) in [6.07, 6.45) is -0.276. The van der Waals surface area contributed by atoms with Gasteiger partial charge < -0.3 is 14.6 Å². The number of ether oxygens (including phenoxy) is 2. The third-order valence-corrected chi connectivity index (χ3v) is 2.07. The second-order valence-corrected chi connectivity index (χ2v) is 3.27. The van der Waals surface area contributed by atoms with Crippen LogP contribution >= 0.6 is 0 Å². The summed E-state index contributed by atoms with van der Waals surface area (Å²) in [5, 5.41) is 9.59. The van der Waals surface area contributed by atoms with Gasteiger partial charge in [-0.3, -0.25) is 9.59 Å². The maximum absolute atomic E-state index is 11.5. The van der Waals surface area contributed by atoms with Gasteiger partial charge >= 0.3 is 0 Å². The Bertz CT molecular complexity index is 313. The fourth-order valence-electron chi connectivity index (χ4n) is 1.34. The van der Waals surface area contributed by atoms with E-state index in [4.69, 9.17) is 9.47 Å². The Morgan fingerprint density at radius 2 is 1.71 bits per heavy atom. The van der Waals surface area contributed by atoms with Crippen LogP contribution in [0.25, 0.3) is 0 Å². The molecule has 5 heteroatoms. The first-order valence-electron chi connectivity index (χ1n) is 4.06. The number of Topliss-reactive ketones (excluding diaryl/α,β-unsaturated/α-hetero) is 2. The zero-order valence-electron chi connectivity index (χ0n) is 8.29. The van der Waals surface area contributed by atoms with Gasteiger partial charge in [0.25, 0.3) is 0 Å². The van der Waals surface area contributed by atoms with Crippen molar-refractivity contribution >= 4 is 11.6 Å². The maximum atomic E-state index is 11.5. The molecule has 0 amide bonds. The molecule has 0 radical (unpaired) electrons. The van der Waals surface area contributed by atoms with Crippen LogP contribution in [0.3, 0.4) is 0 Å². The fourth-order valence-corrected chi connectivity index (χ4v) is 1.34. The third kappa shape index (κ3) is 1.50. The smallest absolute Gasteiger partial charge is 0.232 e. The number of rotatable bonds is 2. The van der Waals surface area contributed by atoms with E-state index >= 15 is 0 Å². The molecular formula is C9H12O5. The number of hydrogen-bond donors (Lipinski definition) is 1. The maximum Gasteiger partial charge on any atom is 0.232 e. The molecule has 78 valence electrons. The number of carbonyl (C=O) groups excluding carboxylic acids is 2. The van der Waals surface area contributed by atoms with Gasteiger partial charge in [-0.25, -0.2) is 0 Å². The molecule has 5 nitrogen and oxygen atoms in total. The highest BCUT2D eigenvalue weighted by Gasteiger charge is 2.44. The first-order chi connectivity index (χ1) is 6.44. The lowest BCUT2D eigenvalue weighted by molar-refractivity contribution is -0.144. The first-order valence-corrected chi connectivity index (χ1v) is 4.06. The molecule has 0 aromatic heterocycles. The van der Waals surface area contributed by atoms with E-state index in [9.17, 15) is 14.7 Å². The van der Waals surface area contributed by atoms with Crippen molar-refractivity contribution in [3.05, 3.63) is 11.5 Å². The van der Waals surface area contributed by atoms with Gasteiger partial charge in [0.2, 0.25) is 23.1 Å². The summed E-state index contributed by atoms with van der Waals surface area (Å²) in [4.78, 5) is 22.9. The monoisotopic (exact) mass is 200 g/mol. The van der Waals surface area contributed by atoms with Crippen LogP contribution in [-0.4, -0.2) is 36.5 Å². The highest BCUT2D eigenvalue weighted by Crippen LogP contribution is 2.27. The summed E-state index contributed by atoms with van der Waals surface area (Å²) in [6, 6.07) is 0. The standard InChI is InChI=1S/C9H12O5/c1-9(12)4-5(10)6(13-2)7(14-3)8(9)11/h12H,4H2,1-3H3. The van der Waals surface area contributed by atoms with Gasteiger partial charge in [0, 0.05) is 0 Å². The second kappa shape index (κ2) is 3.42. The highest BCUT2D eigenvalue weighted by molar-refractivity contribution is 6.13. The number of allylic oxidation sites excluding steroid dienone is 1. The van der Waals surface area contributed by atoms with E-state index in [0.717, 1.165) is 0 Å². The Hall–Kier alpha value is -1.36. The van der Waals surface area contributed by atoms with Gasteiger partial charge in [0.05, 0.1) is 20.6 Å². The van der Waals surface area contributed by atoms with Crippen LogP contribution < -0.4 is 0 Å². The normalized spacial score (nSPS) is 28.0. The number of aliphatic hydroxyl groups is 1. The van der Waals surface area contributed by atoms with Crippen molar-refractivity contribution in [1.29, 1.82) is 0 Å². The average molecular weight is 200 g/mol. The van der Waals surface area contributed by atoms with Crippen molar-refractivity contribution < 1.29 is 24.2 Å². The van der Waals surface area contributed by atoms with E-state index in [1.54, 1.807) is 0 Å². The highest BCUT2D eigenvalue weighted by atomic mass is 16.5. The molecule has 1 unspecified atom stereocenters. The summed E-state index contributed by atoms with van der Waals surface area (Å²) < 4.78 is 9.48. The Morgan fingerprint density at radius 3 is 2.14 bits per heavy atom. The first kappa shape index (κ1) is 10.7. The average Bonchev–Trinajstić information content (AvgIpc) is 2.10. The van der Waals surface area contributed by atoms with Crippen molar-refractivity contribution in [2.45, 2.75) is 18.9 Å². The number of hydrogen-bond acceptors (Lipinski definition) is 5. The molecule has 0 saturated heterocycles. The Morgan fingerprint density at radius 1 is 1.21 bits per heavy atom. The predicted octanol–water partition coefficient (Wildman–Crippen LogP) is -0.216. The molecule has 0 aromatic carbocycles. The molecule has 0 fully saturated rings. The van der Waals surface area contributed by atoms with Gasteiger partial charge in [-0.05, 0) is 6.92 Å².